The highest BCUT2D eigenvalue weighted by atomic mass is 16.5. The Hall–Kier alpha value is -3.48. The molecule has 7 nitrogen and oxygen atoms in total. The van der Waals surface area contributed by atoms with Gasteiger partial charge in [0.25, 0.3) is 5.91 Å². The van der Waals surface area contributed by atoms with Gasteiger partial charge in [-0.1, -0.05) is 43.3 Å². The van der Waals surface area contributed by atoms with Crippen molar-refractivity contribution in [1.29, 1.82) is 0 Å². The molecular weight excluding hydrogens is 416 g/mol. The first-order chi connectivity index (χ1) is 15.9. The largest absolute Gasteiger partial charge is 0.356 e. The van der Waals surface area contributed by atoms with E-state index >= 15 is 0 Å². The Bertz CT molecular complexity index is 1130. The van der Waals surface area contributed by atoms with E-state index in [2.05, 4.69) is 27.6 Å². The number of pyridine rings is 1. The average molecular weight is 447 g/mol. The Labute approximate surface area is 194 Å². The minimum atomic E-state index is -0.691. The molecule has 4 rings (SSSR count). The van der Waals surface area contributed by atoms with Crippen LogP contribution in [-0.4, -0.2) is 46.5 Å². The van der Waals surface area contributed by atoms with Crippen LogP contribution in [0.5, 0.6) is 0 Å². The molecule has 172 valence electrons. The molecule has 0 radical (unpaired) electrons. The molecule has 3 aromatic rings. The third kappa shape index (κ3) is 4.82. The molecule has 0 saturated carbocycles. The molecule has 3 heterocycles. The summed E-state index contributed by atoms with van der Waals surface area (Å²) in [5, 5.41) is 7.00. The molecule has 1 aliphatic rings. The van der Waals surface area contributed by atoms with Gasteiger partial charge in [-0.15, -0.1) is 0 Å². The fraction of sp³-hybridized carbons (Fsp3) is 0.385. The van der Waals surface area contributed by atoms with Gasteiger partial charge in [-0.3, -0.25) is 14.6 Å². The van der Waals surface area contributed by atoms with Crippen LogP contribution in [-0.2, 0) is 11.2 Å². The molecular formula is C26H30N4O3. The Balaban J connectivity index is 1.58. The number of nitrogens with one attached hydrogen (secondary N) is 1. The predicted molar refractivity (Wildman–Crippen MR) is 126 cm³/mol. The van der Waals surface area contributed by atoms with E-state index in [0.29, 0.717) is 32.5 Å². The van der Waals surface area contributed by atoms with Crippen molar-refractivity contribution in [2.75, 3.05) is 19.6 Å². The number of benzene rings is 1. The molecule has 2 amide bonds. The quantitative estimate of drug-likeness (QED) is 0.591. The molecule has 2 aromatic heterocycles. The number of carbonyl (C=O) groups excluding carboxylic acids is 2. The van der Waals surface area contributed by atoms with E-state index < -0.39 is 5.41 Å². The lowest BCUT2D eigenvalue weighted by atomic mass is 9.79. The van der Waals surface area contributed by atoms with E-state index in [1.807, 2.05) is 45.0 Å². The normalized spacial score (nSPS) is 18.0. The molecule has 1 fully saturated rings. The smallest absolute Gasteiger partial charge is 0.292 e. The second-order valence-electron chi connectivity index (χ2n) is 9.00. The number of rotatable bonds is 7. The third-order valence-corrected chi connectivity index (χ3v) is 6.27. The monoisotopic (exact) mass is 446 g/mol. The van der Waals surface area contributed by atoms with Gasteiger partial charge in [-0.05, 0) is 54.5 Å². The summed E-state index contributed by atoms with van der Waals surface area (Å²) >= 11 is 0. The van der Waals surface area contributed by atoms with E-state index in [-0.39, 0.29) is 23.5 Å². The number of carbonyl (C=O) groups is 2. The summed E-state index contributed by atoms with van der Waals surface area (Å²) in [4.78, 5) is 32.1. The highest BCUT2D eigenvalue weighted by Gasteiger charge is 2.46. The van der Waals surface area contributed by atoms with Crippen LogP contribution in [0.4, 0.5) is 0 Å². The Morgan fingerprint density at radius 3 is 2.64 bits per heavy atom. The molecule has 33 heavy (non-hydrogen) atoms. The number of likely N-dealkylation sites (tertiary alicyclic amines) is 1. The molecule has 1 saturated heterocycles. The van der Waals surface area contributed by atoms with Crippen LogP contribution in [0.1, 0.15) is 54.9 Å². The SMILES string of the molecule is CCNC(=O)C1(Cc2cccc(-c3ccncc3)c2)CCN(C(=O)c2cc(C(C)C)no2)C1. The molecule has 1 atom stereocenters. The van der Waals surface area contributed by atoms with Crippen molar-refractivity contribution in [3.8, 4) is 11.1 Å². The standard InChI is InChI=1S/C26H30N4O3/c1-4-28-25(32)26(16-19-6-5-7-21(14-19)20-8-11-27-12-9-20)10-13-30(17-26)24(31)23-15-22(18(2)3)29-33-23/h5-9,11-12,14-15,18H,4,10,13,16-17H2,1-3H3,(H,28,32). The minimum absolute atomic E-state index is 0.0185. The molecule has 0 spiro atoms. The van der Waals surface area contributed by atoms with E-state index in [1.165, 1.54) is 0 Å². The molecule has 1 aliphatic heterocycles. The number of amides is 2. The summed E-state index contributed by atoms with van der Waals surface area (Å²) in [6.07, 6.45) is 4.68. The fourth-order valence-corrected chi connectivity index (χ4v) is 4.42. The molecule has 0 aliphatic carbocycles. The van der Waals surface area contributed by atoms with Crippen LogP contribution in [0.3, 0.4) is 0 Å². The first kappa shape index (κ1) is 22.7. The first-order valence-corrected chi connectivity index (χ1v) is 11.5. The molecule has 1 unspecified atom stereocenters. The fourth-order valence-electron chi connectivity index (χ4n) is 4.42. The van der Waals surface area contributed by atoms with Crippen LogP contribution in [0.25, 0.3) is 11.1 Å². The summed E-state index contributed by atoms with van der Waals surface area (Å²) < 4.78 is 5.31. The number of aromatic nitrogens is 2. The maximum atomic E-state index is 13.2. The topological polar surface area (TPSA) is 88.3 Å². The molecule has 0 bridgehead atoms. The second-order valence-corrected chi connectivity index (χ2v) is 9.00. The minimum Gasteiger partial charge on any atom is -0.356 e. The lowest BCUT2D eigenvalue weighted by Crippen LogP contribution is -2.45. The number of hydrogen-bond donors (Lipinski definition) is 1. The highest BCUT2D eigenvalue weighted by Crippen LogP contribution is 2.36. The zero-order valence-electron chi connectivity index (χ0n) is 19.4. The van der Waals surface area contributed by atoms with Gasteiger partial charge in [0.2, 0.25) is 11.7 Å². The van der Waals surface area contributed by atoms with Gasteiger partial charge in [-0.2, -0.15) is 0 Å². The zero-order chi connectivity index (χ0) is 23.4. The van der Waals surface area contributed by atoms with Gasteiger partial charge >= 0.3 is 0 Å². The Morgan fingerprint density at radius 1 is 1.15 bits per heavy atom. The van der Waals surface area contributed by atoms with Crippen molar-refractivity contribution in [3.63, 3.8) is 0 Å². The summed E-state index contributed by atoms with van der Waals surface area (Å²) in [5.74, 6) is 0.169. The van der Waals surface area contributed by atoms with Crippen molar-refractivity contribution >= 4 is 11.8 Å². The van der Waals surface area contributed by atoms with Gasteiger partial charge in [0.1, 0.15) is 0 Å². The van der Waals surface area contributed by atoms with Gasteiger partial charge < -0.3 is 14.7 Å². The molecule has 1 N–H and O–H groups in total. The van der Waals surface area contributed by atoms with Gasteiger partial charge in [0.15, 0.2) is 0 Å². The third-order valence-electron chi connectivity index (χ3n) is 6.27. The van der Waals surface area contributed by atoms with Crippen molar-refractivity contribution in [2.45, 2.75) is 39.5 Å². The predicted octanol–water partition coefficient (Wildman–Crippen LogP) is 4.07. The molecule has 1 aromatic carbocycles. The van der Waals surface area contributed by atoms with E-state index in [4.69, 9.17) is 4.52 Å². The van der Waals surface area contributed by atoms with Gasteiger partial charge in [0, 0.05) is 38.1 Å². The summed E-state index contributed by atoms with van der Waals surface area (Å²) in [7, 11) is 0. The summed E-state index contributed by atoms with van der Waals surface area (Å²) in [6.45, 7) is 7.30. The number of nitrogens with zero attached hydrogens (tertiary/aromatic N) is 3. The Morgan fingerprint density at radius 2 is 1.94 bits per heavy atom. The summed E-state index contributed by atoms with van der Waals surface area (Å²) in [6, 6.07) is 13.9. The Kier molecular flexibility index (Phi) is 6.58. The van der Waals surface area contributed by atoms with Crippen LogP contribution in [0.15, 0.2) is 59.4 Å². The van der Waals surface area contributed by atoms with E-state index in [9.17, 15) is 9.59 Å². The summed E-state index contributed by atoms with van der Waals surface area (Å²) in [5.41, 5.74) is 3.28. The maximum Gasteiger partial charge on any atom is 0.292 e. The van der Waals surface area contributed by atoms with Crippen LogP contribution >= 0.6 is 0 Å². The van der Waals surface area contributed by atoms with Crippen molar-refractivity contribution < 1.29 is 14.1 Å². The van der Waals surface area contributed by atoms with E-state index in [0.717, 1.165) is 22.4 Å². The van der Waals surface area contributed by atoms with Crippen molar-refractivity contribution in [1.82, 2.24) is 20.4 Å². The first-order valence-electron chi connectivity index (χ1n) is 11.5. The van der Waals surface area contributed by atoms with Gasteiger partial charge in [-0.25, -0.2) is 0 Å². The van der Waals surface area contributed by atoms with Crippen molar-refractivity contribution in [3.05, 3.63) is 71.9 Å². The maximum absolute atomic E-state index is 13.2. The highest BCUT2D eigenvalue weighted by molar-refractivity contribution is 5.93. The van der Waals surface area contributed by atoms with Crippen LogP contribution in [0.2, 0.25) is 0 Å². The van der Waals surface area contributed by atoms with Gasteiger partial charge in [0.05, 0.1) is 11.1 Å². The second kappa shape index (κ2) is 9.57. The lowest BCUT2D eigenvalue weighted by Gasteiger charge is -2.28. The zero-order valence-corrected chi connectivity index (χ0v) is 19.4. The van der Waals surface area contributed by atoms with Crippen LogP contribution in [0, 0.1) is 5.41 Å². The molecule has 7 heteroatoms. The number of hydrogen-bond acceptors (Lipinski definition) is 5. The average Bonchev–Trinajstić information content (AvgIpc) is 3.48. The van der Waals surface area contributed by atoms with Crippen LogP contribution < -0.4 is 5.32 Å². The van der Waals surface area contributed by atoms with E-state index in [1.54, 1.807) is 23.4 Å². The van der Waals surface area contributed by atoms with Crippen molar-refractivity contribution in [2.24, 2.45) is 5.41 Å². The lowest BCUT2D eigenvalue weighted by molar-refractivity contribution is -0.130.